The number of carboxylic acid groups (broad SMARTS) is 1. The van der Waals surface area contributed by atoms with Crippen LogP contribution in [0.15, 0.2) is 41.8 Å². The maximum atomic E-state index is 11.5. The first-order valence-corrected chi connectivity index (χ1v) is 8.68. The van der Waals surface area contributed by atoms with E-state index in [1.54, 1.807) is 36.7 Å². The third-order valence-corrected chi connectivity index (χ3v) is 4.50. The minimum atomic E-state index is -1.14. The van der Waals surface area contributed by atoms with Gasteiger partial charge in [0.2, 0.25) is 0 Å². The van der Waals surface area contributed by atoms with Gasteiger partial charge in [-0.1, -0.05) is 17.0 Å². The molecule has 10 heteroatoms. The quantitative estimate of drug-likeness (QED) is 0.530. The Kier molecular flexibility index (Phi) is 4.40. The molecule has 1 aromatic carbocycles. The van der Waals surface area contributed by atoms with E-state index in [4.69, 9.17) is 9.47 Å². The summed E-state index contributed by atoms with van der Waals surface area (Å²) in [5, 5.41) is 17.8. The fourth-order valence-electron chi connectivity index (χ4n) is 2.46. The Labute approximate surface area is 152 Å². The standard InChI is InChI=1S/C16H13N5O4S/c22-15(23)14-11(9-26-16-17-4-1-5-18-16)21(20-19-14)10-2-3-12-13(8-10)25-7-6-24-12/h1-5,8H,6-7,9H2,(H,22,23). The first-order chi connectivity index (χ1) is 12.7. The summed E-state index contributed by atoms with van der Waals surface area (Å²) in [5.74, 6) is 0.393. The highest BCUT2D eigenvalue weighted by atomic mass is 32.2. The SMILES string of the molecule is O=C(O)c1nnn(-c2ccc3c(c2)OCCO3)c1CSc1ncccn1. The van der Waals surface area contributed by atoms with Gasteiger partial charge in [0, 0.05) is 24.2 Å². The molecule has 0 unspecified atom stereocenters. The summed E-state index contributed by atoms with van der Waals surface area (Å²) in [5.41, 5.74) is 0.966. The summed E-state index contributed by atoms with van der Waals surface area (Å²) in [6.45, 7) is 0.958. The third kappa shape index (κ3) is 3.18. The molecule has 0 saturated carbocycles. The number of carbonyl (C=O) groups is 1. The molecule has 4 rings (SSSR count). The van der Waals surface area contributed by atoms with Crippen LogP contribution in [0.4, 0.5) is 0 Å². The second kappa shape index (κ2) is 7.00. The molecule has 2 aromatic heterocycles. The monoisotopic (exact) mass is 371 g/mol. The molecule has 9 nitrogen and oxygen atoms in total. The van der Waals surface area contributed by atoms with Gasteiger partial charge in [0.25, 0.3) is 0 Å². The number of aromatic nitrogens is 5. The number of hydrogen-bond donors (Lipinski definition) is 1. The molecule has 0 radical (unpaired) electrons. The second-order valence-corrected chi connectivity index (χ2v) is 6.19. The van der Waals surface area contributed by atoms with Gasteiger partial charge >= 0.3 is 5.97 Å². The fourth-order valence-corrected chi connectivity index (χ4v) is 3.26. The number of nitrogens with zero attached hydrogens (tertiary/aromatic N) is 5. The molecule has 1 aliphatic rings. The summed E-state index contributed by atoms with van der Waals surface area (Å²) in [7, 11) is 0. The van der Waals surface area contributed by atoms with E-state index in [1.807, 2.05) is 0 Å². The van der Waals surface area contributed by atoms with Crippen LogP contribution in [0.5, 0.6) is 11.5 Å². The Morgan fingerprint density at radius 1 is 1.19 bits per heavy atom. The van der Waals surface area contributed by atoms with Crippen molar-refractivity contribution in [3.8, 4) is 17.2 Å². The molecule has 0 bridgehead atoms. The Hall–Kier alpha value is -3.14. The van der Waals surface area contributed by atoms with Gasteiger partial charge in [-0.3, -0.25) is 0 Å². The number of hydrogen-bond acceptors (Lipinski definition) is 8. The van der Waals surface area contributed by atoms with Crippen molar-refractivity contribution < 1.29 is 19.4 Å². The zero-order valence-electron chi connectivity index (χ0n) is 13.4. The van der Waals surface area contributed by atoms with E-state index in [0.29, 0.717) is 47.0 Å². The molecule has 0 atom stereocenters. The van der Waals surface area contributed by atoms with E-state index >= 15 is 0 Å². The van der Waals surface area contributed by atoms with Crippen molar-refractivity contribution >= 4 is 17.7 Å². The Bertz CT molecular complexity index is 947. The second-order valence-electron chi connectivity index (χ2n) is 5.25. The van der Waals surface area contributed by atoms with Crippen LogP contribution in [0.2, 0.25) is 0 Å². The summed E-state index contributed by atoms with van der Waals surface area (Å²) in [6.07, 6.45) is 3.26. The topological polar surface area (TPSA) is 112 Å². The van der Waals surface area contributed by atoms with E-state index in [2.05, 4.69) is 20.3 Å². The highest BCUT2D eigenvalue weighted by Crippen LogP contribution is 2.33. The molecule has 0 saturated heterocycles. The molecule has 0 spiro atoms. The van der Waals surface area contributed by atoms with Crippen LogP contribution < -0.4 is 9.47 Å². The Morgan fingerprint density at radius 2 is 1.96 bits per heavy atom. The molecule has 3 heterocycles. The average Bonchev–Trinajstić information content (AvgIpc) is 3.11. The van der Waals surface area contributed by atoms with Gasteiger partial charge < -0.3 is 14.6 Å². The van der Waals surface area contributed by atoms with Crippen LogP contribution in [-0.4, -0.2) is 49.3 Å². The molecule has 3 aromatic rings. The number of benzene rings is 1. The lowest BCUT2D eigenvalue weighted by Gasteiger charge is -2.19. The number of rotatable bonds is 5. The van der Waals surface area contributed by atoms with Gasteiger partial charge in [0.15, 0.2) is 22.3 Å². The molecule has 1 N–H and O–H groups in total. The largest absolute Gasteiger partial charge is 0.486 e. The van der Waals surface area contributed by atoms with Crippen molar-refractivity contribution in [1.29, 1.82) is 0 Å². The summed E-state index contributed by atoms with van der Waals surface area (Å²) >= 11 is 1.31. The molecular weight excluding hydrogens is 358 g/mol. The lowest BCUT2D eigenvalue weighted by Crippen LogP contribution is -2.15. The van der Waals surface area contributed by atoms with Crippen molar-refractivity contribution in [3.05, 3.63) is 48.0 Å². The van der Waals surface area contributed by atoms with Crippen molar-refractivity contribution in [2.75, 3.05) is 13.2 Å². The maximum Gasteiger partial charge on any atom is 0.358 e. The molecule has 132 valence electrons. The average molecular weight is 371 g/mol. The Morgan fingerprint density at radius 3 is 2.73 bits per heavy atom. The van der Waals surface area contributed by atoms with Gasteiger partial charge in [0.1, 0.15) is 13.2 Å². The molecule has 0 fully saturated rings. The minimum absolute atomic E-state index is 0.108. The number of carboxylic acids is 1. The van der Waals surface area contributed by atoms with Crippen LogP contribution in [0.25, 0.3) is 5.69 Å². The van der Waals surface area contributed by atoms with Gasteiger partial charge in [-0.05, 0) is 18.2 Å². The zero-order chi connectivity index (χ0) is 17.9. The lowest BCUT2D eigenvalue weighted by atomic mass is 10.2. The third-order valence-electron chi connectivity index (χ3n) is 3.62. The number of fused-ring (bicyclic) bond motifs is 1. The normalized spacial score (nSPS) is 12.8. The van der Waals surface area contributed by atoms with E-state index in [1.165, 1.54) is 16.4 Å². The van der Waals surface area contributed by atoms with Crippen molar-refractivity contribution in [2.24, 2.45) is 0 Å². The minimum Gasteiger partial charge on any atom is -0.486 e. The number of aromatic carboxylic acids is 1. The van der Waals surface area contributed by atoms with E-state index in [-0.39, 0.29) is 5.69 Å². The summed E-state index contributed by atoms with van der Waals surface area (Å²) < 4.78 is 12.6. The first kappa shape index (κ1) is 16.3. The highest BCUT2D eigenvalue weighted by molar-refractivity contribution is 7.98. The Balaban J connectivity index is 1.69. The number of ether oxygens (including phenoxy) is 2. The lowest BCUT2D eigenvalue weighted by molar-refractivity contribution is 0.0689. The van der Waals surface area contributed by atoms with Crippen molar-refractivity contribution in [1.82, 2.24) is 25.0 Å². The van der Waals surface area contributed by atoms with Crippen LogP contribution >= 0.6 is 11.8 Å². The van der Waals surface area contributed by atoms with Crippen molar-refractivity contribution in [3.63, 3.8) is 0 Å². The summed E-state index contributed by atoms with van der Waals surface area (Å²) in [6, 6.07) is 7.01. The van der Waals surface area contributed by atoms with E-state index in [9.17, 15) is 9.90 Å². The smallest absolute Gasteiger partial charge is 0.358 e. The van der Waals surface area contributed by atoms with Gasteiger partial charge in [-0.25, -0.2) is 19.4 Å². The zero-order valence-corrected chi connectivity index (χ0v) is 14.2. The van der Waals surface area contributed by atoms with E-state index in [0.717, 1.165) is 0 Å². The van der Waals surface area contributed by atoms with E-state index < -0.39 is 5.97 Å². The van der Waals surface area contributed by atoms with Crippen molar-refractivity contribution in [2.45, 2.75) is 10.9 Å². The molecule has 1 aliphatic heterocycles. The fraction of sp³-hybridized carbons (Fsp3) is 0.188. The molecular formula is C16H13N5O4S. The number of thioether (sulfide) groups is 1. The highest BCUT2D eigenvalue weighted by Gasteiger charge is 2.22. The van der Waals surface area contributed by atoms with Crippen LogP contribution in [0.3, 0.4) is 0 Å². The van der Waals surface area contributed by atoms with Crippen LogP contribution in [0, 0.1) is 0 Å². The van der Waals surface area contributed by atoms with Gasteiger partial charge in [-0.2, -0.15) is 0 Å². The van der Waals surface area contributed by atoms with Gasteiger partial charge in [-0.15, -0.1) is 5.10 Å². The van der Waals surface area contributed by atoms with Crippen LogP contribution in [0.1, 0.15) is 16.2 Å². The summed E-state index contributed by atoms with van der Waals surface area (Å²) in [4.78, 5) is 19.8. The predicted octanol–water partition coefficient (Wildman–Crippen LogP) is 1.82. The van der Waals surface area contributed by atoms with Crippen LogP contribution in [-0.2, 0) is 5.75 Å². The molecule has 0 amide bonds. The molecule has 0 aliphatic carbocycles. The van der Waals surface area contributed by atoms with Gasteiger partial charge in [0.05, 0.1) is 11.4 Å². The first-order valence-electron chi connectivity index (χ1n) is 7.70. The maximum absolute atomic E-state index is 11.5. The predicted molar refractivity (Wildman–Crippen MR) is 90.9 cm³/mol. The molecule has 26 heavy (non-hydrogen) atoms.